The number of anilines is 1. The SMILES string of the molecule is Cc1ccc(N)cc1S(=O)Cc1ccc(F)cc1Cl. The first-order valence-electron chi connectivity index (χ1n) is 5.66. The van der Waals surface area contributed by atoms with Crippen LogP contribution in [0.25, 0.3) is 0 Å². The fourth-order valence-electron chi connectivity index (χ4n) is 1.72. The van der Waals surface area contributed by atoms with E-state index in [9.17, 15) is 8.60 Å². The molecule has 2 rings (SSSR count). The van der Waals surface area contributed by atoms with E-state index < -0.39 is 16.6 Å². The zero-order valence-corrected chi connectivity index (χ0v) is 11.9. The van der Waals surface area contributed by atoms with Crippen molar-refractivity contribution in [3.63, 3.8) is 0 Å². The fourth-order valence-corrected chi connectivity index (χ4v) is 3.42. The van der Waals surface area contributed by atoms with Gasteiger partial charge in [0.25, 0.3) is 0 Å². The van der Waals surface area contributed by atoms with Crippen LogP contribution in [0.2, 0.25) is 5.02 Å². The quantitative estimate of drug-likeness (QED) is 0.878. The van der Waals surface area contributed by atoms with E-state index in [1.165, 1.54) is 12.1 Å². The zero-order valence-electron chi connectivity index (χ0n) is 10.3. The maximum atomic E-state index is 12.9. The van der Waals surface area contributed by atoms with E-state index in [-0.39, 0.29) is 10.8 Å². The Morgan fingerprint density at radius 1 is 1.26 bits per heavy atom. The predicted molar refractivity (Wildman–Crippen MR) is 77.1 cm³/mol. The Kier molecular flexibility index (Phi) is 4.22. The number of aryl methyl sites for hydroxylation is 1. The normalized spacial score (nSPS) is 12.4. The van der Waals surface area contributed by atoms with Gasteiger partial charge in [-0.2, -0.15) is 0 Å². The number of rotatable bonds is 3. The van der Waals surface area contributed by atoms with Gasteiger partial charge in [-0.1, -0.05) is 23.7 Å². The lowest BCUT2D eigenvalue weighted by Gasteiger charge is -2.08. The van der Waals surface area contributed by atoms with Crippen LogP contribution in [0, 0.1) is 12.7 Å². The lowest BCUT2D eigenvalue weighted by atomic mass is 10.2. The van der Waals surface area contributed by atoms with Crippen LogP contribution >= 0.6 is 11.6 Å². The second kappa shape index (κ2) is 5.72. The maximum absolute atomic E-state index is 12.9. The third kappa shape index (κ3) is 3.33. The standard InChI is InChI=1S/C14H13ClFNOS/c1-9-2-5-12(17)7-14(9)19(18)8-10-3-4-11(16)6-13(10)15/h2-7H,8,17H2,1H3. The zero-order chi connectivity index (χ0) is 14.0. The number of hydrogen-bond donors (Lipinski definition) is 1. The molecule has 2 aromatic rings. The molecule has 2 nitrogen and oxygen atoms in total. The molecule has 0 aromatic heterocycles. The number of benzene rings is 2. The van der Waals surface area contributed by atoms with E-state index in [0.717, 1.165) is 5.56 Å². The van der Waals surface area contributed by atoms with Crippen molar-refractivity contribution < 1.29 is 8.60 Å². The molecule has 100 valence electrons. The number of nitrogen functional groups attached to an aromatic ring is 1. The average molecular weight is 298 g/mol. The number of halogens is 2. The third-order valence-electron chi connectivity index (χ3n) is 2.76. The molecule has 0 aliphatic carbocycles. The van der Waals surface area contributed by atoms with Crippen molar-refractivity contribution in [3.05, 3.63) is 58.4 Å². The largest absolute Gasteiger partial charge is 0.399 e. The summed E-state index contributed by atoms with van der Waals surface area (Å²) in [5, 5.41) is 0.287. The Morgan fingerprint density at radius 2 is 2.00 bits per heavy atom. The van der Waals surface area contributed by atoms with Gasteiger partial charge in [0, 0.05) is 15.6 Å². The van der Waals surface area contributed by atoms with Crippen molar-refractivity contribution in [3.8, 4) is 0 Å². The lowest BCUT2D eigenvalue weighted by molar-refractivity contribution is 0.627. The molecular formula is C14H13ClFNOS. The van der Waals surface area contributed by atoms with E-state index in [1.807, 2.05) is 13.0 Å². The molecule has 2 aromatic carbocycles. The summed E-state index contributed by atoms with van der Waals surface area (Å²) in [6.45, 7) is 1.87. The molecule has 1 unspecified atom stereocenters. The third-order valence-corrected chi connectivity index (χ3v) is 4.61. The molecule has 0 aliphatic heterocycles. The van der Waals surface area contributed by atoms with Crippen LogP contribution in [0.4, 0.5) is 10.1 Å². The van der Waals surface area contributed by atoms with Gasteiger partial charge in [-0.25, -0.2) is 4.39 Å². The van der Waals surface area contributed by atoms with Gasteiger partial charge in [-0.3, -0.25) is 4.21 Å². The van der Waals surface area contributed by atoms with Crippen LogP contribution in [0.5, 0.6) is 0 Å². The fraction of sp³-hybridized carbons (Fsp3) is 0.143. The highest BCUT2D eigenvalue weighted by molar-refractivity contribution is 7.84. The summed E-state index contributed by atoms with van der Waals surface area (Å²) in [7, 11) is -1.26. The number of nitrogens with two attached hydrogens (primary N) is 1. The second-order valence-electron chi connectivity index (χ2n) is 4.25. The van der Waals surface area contributed by atoms with Gasteiger partial charge in [0.2, 0.25) is 0 Å². The summed E-state index contributed by atoms with van der Waals surface area (Å²) in [6.07, 6.45) is 0. The van der Waals surface area contributed by atoms with E-state index >= 15 is 0 Å². The van der Waals surface area contributed by atoms with Gasteiger partial charge in [0.1, 0.15) is 5.82 Å². The molecule has 5 heteroatoms. The van der Waals surface area contributed by atoms with Gasteiger partial charge in [-0.15, -0.1) is 0 Å². The van der Waals surface area contributed by atoms with Crippen molar-refractivity contribution in [2.24, 2.45) is 0 Å². The van der Waals surface area contributed by atoms with Crippen LogP contribution in [0.15, 0.2) is 41.3 Å². The van der Waals surface area contributed by atoms with Crippen molar-refractivity contribution in [2.45, 2.75) is 17.6 Å². The number of hydrogen-bond acceptors (Lipinski definition) is 2. The Labute approximate surface area is 118 Å². The van der Waals surface area contributed by atoms with Gasteiger partial charge >= 0.3 is 0 Å². The highest BCUT2D eigenvalue weighted by atomic mass is 35.5. The van der Waals surface area contributed by atoms with Gasteiger partial charge in [0.05, 0.1) is 16.6 Å². The maximum Gasteiger partial charge on any atom is 0.124 e. The summed E-state index contributed by atoms with van der Waals surface area (Å²) in [4.78, 5) is 0.681. The molecule has 0 heterocycles. The van der Waals surface area contributed by atoms with Crippen molar-refractivity contribution in [2.75, 3.05) is 5.73 Å². The molecule has 0 radical (unpaired) electrons. The summed E-state index contributed by atoms with van der Waals surface area (Å²) >= 11 is 5.93. The summed E-state index contributed by atoms with van der Waals surface area (Å²) < 4.78 is 25.3. The van der Waals surface area contributed by atoms with Gasteiger partial charge in [-0.05, 0) is 42.3 Å². The Balaban J connectivity index is 2.28. The van der Waals surface area contributed by atoms with Gasteiger partial charge in [0.15, 0.2) is 0 Å². The van der Waals surface area contributed by atoms with E-state index in [1.54, 1.807) is 18.2 Å². The van der Waals surface area contributed by atoms with E-state index in [4.69, 9.17) is 17.3 Å². The van der Waals surface area contributed by atoms with Crippen LogP contribution in [-0.4, -0.2) is 4.21 Å². The molecule has 1 atom stereocenters. The molecule has 0 aliphatic rings. The Bertz CT molecular complexity index is 645. The van der Waals surface area contributed by atoms with Crippen molar-refractivity contribution in [1.29, 1.82) is 0 Å². The molecule has 0 saturated carbocycles. The second-order valence-corrected chi connectivity index (χ2v) is 6.08. The summed E-state index contributed by atoms with van der Waals surface area (Å²) in [6, 6.07) is 9.38. The predicted octanol–water partition coefficient (Wildman–Crippen LogP) is 3.68. The van der Waals surface area contributed by atoms with Crippen molar-refractivity contribution in [1.82, 2.24) is 0 Å². The molecule has 0 amide bonds. The van der Waals surface area contributed by atoms with Crippen LogP contribution in [0.3, 0.4) is 0 Å². The first kappa shape index (κ1) is 14.0. The van der Waals surface area contributed by atoms with Crippen LogP contribution in [0.1, 0.15) is 11.1 Å². The Hall–Kier alpha value is -1.39. The smallest absolute Gasteiger partial charge is 0.124 e. The lowest BCUT2D eigenvalue weighted by Crippen LogP contribution is -2.01. The van der Waals surface area contributed by atoms with Crippen LogP contribution in [-0.2, 0) is 16.6 Å². The molecule has 0 spiro atoms. The van der Waals surface area contributed by atoms with Crippen LogP contribution < -0.4 is 5.73 Å². The molecule has 19 heavy (non-hydrogen) atoms. The van der Waals surface area contributed by atoms with Crippen molar-refractivity contribution >= 4 is 28.1 Å². The Morgan fingerprint density at radius 3 is 2.68 bits per heavy atom. The first-order chi connectivity index (χ1) is 8.97. The summed E-state index contributed by atoms with van der Waals surface area (Å²) in [5.41, 5.74) is 7.83. The molecule has 0 saturated heterocycles. The van der Waals surface area contributed by atoms with Gasteiger partial charge < -0.3 is 5.73 Å². The highest BCUT2D eigenvalue weighted by Gasteiger charge is 2.11. The van der Waals surface area contributed by atoms with E-state index in [2.05, 4.69) is 0 Å². The minimum atomic E-state index is -1.26. The minimum absolute atomic E-state index is 0.239. The van der Waals surface area contributed by atoms with E-state index in [0.29, 0.717) is 16.1 Å². The highest BCUT2D eigenvalue weighted by Crippen LogP contribution is 2.23. The summed E-state index contributed by atoms with van der Waals surface area (Å²) in [5.74, 6) is -0.164. The molecular weight excluding hydrogens is 285 g/mol. The average Bonchev–Trinajstić information content (AvgIpc) is 2.35. The molecule has 0 fully saturated rings. The topological polar surface area (TPSA) is 43.1 Å². The molecule has 2 N–H and O–H groups in total. The minimum Gasteiger partial charge on any atom is -0.399 e. The molecule has 0 bridgehead atoms. The monoisotopic (exact) mass is 297 g/mol. The first-order valence-corrected chi connectivity index (χ1v) is 7.35.